The predicted molar refractivity (Wildman–Crippen MR) is 102 cm³/mol. The molecule has 2 heterocycles. The molecule has 1 aliphatic heterocycles. The first kappa shape index (κ1) is 16.6. The molecule has 0 aliphatic carbocycles. The van der Waals surface area contributed by atoms with Crippen LogP contribution in [0.4, 0.5) is 0 Å². The summed E-state index contributed by atoms with van der Waals surface area (Å²) in [5.41, 5.74) is 6.11. The van der Waals surface area contributed by atoms with Gasteiger partial charge in [0.25, 0.3) is 5.91 Å². The molecule has 0 spiro atoms. The molecule has 4 heteroatoms. The molecule has 0 bridgehead atoms. The van der Waals surface area contributed by atoms with E-state index in [4.69, 9.17) is 0 Å². The Balaban J connectivity index is 1.82. The summed E-state index contributed by atoms with van der Waals surface area (Å²) in [6.07, 6.45) is 0. The molecule has 1 aromatic heterocycles. The van der Waals surface area contributed by atoms with Crippen LogP contribution >= 0.6 is 0 Å². The van der Waals surface area contributed by atoms with Crippen molar-refractivity contribution in [1.82, 2.24) is 15.1 Å². The van der Waals surface area contributed by atoms with Crippen molar-refractivity contribution >= 4 is 5.91 Å². The van der Waals surface area contributed by atoms with Crippen molar-refractivity contribution < 1.29 is 4.79 Å². The SMILES string of the molecule is Cc1ccc(C2c3c(n[nH]c3C(C)C)C(=O)N2Cc2ccccc2)cc1. The van der Waals surface area contributed by atoms with E-state index >= 15 is 0 Å². The van der Waals surface area contributed by atoms with Crippen LogP contribution in [-0.2, 0) is 6.54 Å². The highest BCUT2D eigenvalue weighted by atomic mass is 16.2. The van der Waals surface area contributed by atoms with Crippen molar-refractivity contribution in [1.29, 1.82) is 0 Å². The Morgan fingerprint density at radius 1 is 1.08 bits per heavy atom. The van der Waals surface area contributed by atoms with E-state index < -0.39 is 0 Å². The molecule has 1 N–H and O–H groups in total. The van der Waals surface area contributed by atoms with Gasteiger partial charge < -0.3 is 4.90 Å². The highest BCUT2D eigenvalue weighted by Gasteiger charge is 2.42. The highest BCUT2D eigenvalue weighted by Crippen LogP contribution is 2.42. The van der Waals surface area contributed by atoms with Gasteiger partial charge in [-0.05, 0) is 24.0 Å². The van der Waals surface area contributed by atoms with Gasteiger partial charge >= 0.3 is 0 Å². The third-order valence-corrected chi connectivity index (χ3v) is 5.05. The van der Waals surface area contributed by atoms with Crippen molar-refractivity contribution in [2.75, 3.05) is 0 Å². The van der Waals surface area contributed by atoms with Gasteiger partial charge in [0.1, 0.15) is 0 Å². The second kappa shape index (κ2) is 6.45. The lowest BCUT2D eigenvalue weighted by Gasteiger charge is -2.27. The van der Waals surface area contributed by atoms with Gasteiger partial charge in [0, 0.05) is 17.8 Å². The number of carbonyl (C=O) groups is 1. The number of nitrogens with one attached hydrogen (secondary N) is 1. The standard InChI is InChI=1S/C22H23N3O/c1-14(2)19-18-20(24-23-19)22(26)25(13-16-7-5-4-6-8-16)21(18)17-11-9-15(3)10-12-17/h4-12,14,21H,13H2,1-3H3,(H,23,24). The maximum absolute atomic E-state index is 13.1. The quantitative estimate of drug-likeness (QED) is 0.752. The number of fused-ring (bicyclic) bond motifs is 1. The number of nitrogens with zero attached hydrogens (tertiary/aromatic N) is 2. The van der Waals surface area contributed by atoms with E-state index in [1.807, 2.05) is 23.1 Å². The Morgan fingerprint density at radius 3 is 2.42 bits per heavy atom. The molecule has 1 atom stereocenters. The molecule has 26 heavy (non-hydrogen) atoms. The molecule has 3 aromatic rings. The van der Waals surface area contributed by atoms with Gasteiger partial charge in [-0.1, -0.05) is 74.0 Å². The van der Waals surface area contributed by atoms with Crippen LogP contribution in [0.2, 0.25) is 0 Å². The third-order valence-electron chi connectivity index (χ3n) is 5.05. The minimum Gasteiger partial charge on any atom is -0.322 e. The van der Waals surface area contributed by atoms with Crippen molar-refractivity contribution in [2.24, 2.45) is 0 Å². The number of amides is 1. The van der Waals surface area contributed by atoms with E-state index in [0.29, 0.717) is 12.2 Å². The Labute approximate surface area is 153 Å². The normalized spacial score (nSPS) is 16.4. The largest absolute Gasteiger partial charge is 0.322 e. The Kier molecular flexibility index (Phi) is 4.11. The molecule has 1 unspecified atom stereocenters. The summed E-state index contributed by atoms with van der Waals surface area (Å²) in [6, 6.07) is 18.5. The minimum atomic E-state index is -0.102. The number of benzene rings is 2. The molecule has 132 valence electrons. The van der Waals surface area contributed by atoms with Crippen LogP contribution in [0, 0.1) is 6.92 Å². The molecule has 0 fully saturated rings. The van der Waals surface area contributed by atoms with Crippen LogP contribution in [0.5, 0.6) is 0 Å². The Bertz CT molecular complexity index is 926. The van der Waals surface area contributed by atoms with Crippen molar-refractivity contribution in [3.63, 3.8) is 0 Å². The molecule has 4 nitrogen and oxygen atoms in total. The number of hydrogen-bond donors (Lipinski definition) is 1. The number of H-pyrrole nitrogens is 1. The summed E-state index contributed by atoms with van der Waals surface area (Å²) in [4.78, 5) is 15.1. The van der Waals surface area contributed by atoms with Crippen LogP contribution in [-0.4, -0.2) is 21.0 Å². The van der Waals surface area contributed by atoms with Gasteiger partial charge in [0.2, 0.25) is 0 Å². The van der Waals surface area contributed by atoms with E-state index in [1.54, 1.807) is 0 Å². The first-order valence-corrected chi connectivity index (χ1v) is 9.06. The Hall–Kier alpha value is -2.88. The molecule has 0 saturated carbocycles. The van der Waals surface area contributed by atoms with Crippen LogP contribution < -0.4 is 0 Å². The van der Waals surface area contributed by atoms with Gasteiger partial charge in [-0.2, -0.15) is 5.10 Å². The first-order chi connectivity index (χ1) is 12.6. The number of aromatic amines is 1. The fourth-order valence-corrected chi connectivity index (χ4v) is 3.69. The monoisotopic (exact) mass is 345 g/mol. The average molecular weight is 345 g/mol. The lowest BCUT2D eigenvalue weighted by atomic mass is 9.94. The molecular formula is C22H23N3O. The highest BCUT2D eigenvalue weighted by molar-refractivity contribution is 5.98. The van der Waals surface area contributed by atoms with Gasteiger partial charge in [-0.3, -0.25) is 9.89 Å². The lowest BCUT2D eigenvalue weighted by Crippen LogP contribution is -2.29. The number of hydrogen-bond acceptors (Lipinski definition) is 2. The molecule has 1 amide bonds. The minimum absolute atomic E-state index is 0.00224. The Morgan fingerprint density at radius 2 is 1.77 bits per heavy atom. The first-order valence-electron chi connectivity index (χ1n) is 9.06. The fraction of sp³-hybridized carbons (Fsp3) is 0.273. The smallest absolute Gasteiger partial charge is 0.275 e. The maximum atomic E-state index is 13.1. The lowest BCUT2D eigenvalue weighted by molar-refractivity contribution is 0.0729. The van der Waals surface area contributed by atoms with E-state index in [1.165, 1.54) is 5.56 Å². The molecule has 2 aromatic carbocycles. The van der Waals surface area contributed by atoms with Gasteiger partial charge in [0.05, 0.1) is 6.04 Å². The topological polar surface area (TPSA) is 49.0 Å². The summed E-state index contributed by atoms with van der Waals surface area (Å²) >= 11 is 0. The third kappa shape index (κ3) is 2.71. The molecule has 0 saturated heterocycles. The zero-order chi connectivity index (χ0) is 18.3. The van der Waals surface area contributed by atoms with Crippen LogP contribution in [0.15, 0.2) is 54.6 Å². The predicted octanol–water partition coefficient (Wildman–Crippen LogP) is 4.59. The van der Waals surface area contributed by atoms with Gasteiger partial charge in [0.15, 0.2) is 5.69 Å². The van der Waals surface area contributed by atoms with E-state index in [0.717, 1.165) is 22.4 Å². The number of aryl methyl sites for hydroxylation is 1. The molecular weight excluding hydrogens is 322 g/mol. The van der Waals surface area contributed by atoms with Crippen molar-refractivity contribution in [2.45, 2.75) is 39.3 Å². The number of rotatable bonds is 4. The second-order valence-corrected chi connectivity index (χ2v) is 7.29. The summed E-state index contributed by atoms with van der Waals surface area (Å²) in [7, 11) is 0. The maximum Gasteiger partial charge on any atom is 0.275 e. The summed E-state index contributed by atoms with van der Waals surface area (Å²) < 4.78 is 0. The summed E-state index contributed by atoms with van der Waals surface area (Å²) in [6.45, 7) is 6.91. The average Bonchev–Trinajstić information content (AvgIpc) is 3.17. The van der Waals surface area contributed by atoms with Crippen LogP contribution in [0.25, 0.3) is 0 Å². The fourth-order valence-electron chi connectivity index (χ4n) is 3.69. The van der Waals surface area contributed by atoms with Crippen molar-refractivity contribution in [3.8, 4) is 0 Å². The van der Waals surface area contributed by atoms with E-state index in [9.17, 15) is 4.79 Å². The summed E-state index contributed by atoms with van der Waals surface area (Å²) in [5.74, 6) is 0.279. The van der Waals surface area contributed by atoms with E-state index in [2.05, 4.69) is 67.4 Å². The van der Waals surface area contributed by atoms with Gasteiger partial charge in [-0.25, -0.2) is 0 Å². The zero-order valence-electron chi connectivity index (χ0n) is 15.4. The summed E-state index contributed by atoms with van der Waals surface area (Å²) in [5, 5.41) is 7.47. The zero-order valence-corrected chi connectivity index (χ0v) is 15.4. The molecule has 4 rings (SSSR count). The van der Waals surface area contributed by atoms with E-state index in [-0.39, 0.29) is 17.9 Å². The molecule has 0 radical (unpaired) electrons. The van der Waals surface area contributed by atoms with Gasteiger partial charge in [-0.15, -0.1) is 0 Å². The van der Waals surface area contributed by atoms with Crippen LogP contribution in [0.1, 0.15) is 64.2 Å². The molecule has 1 aliphatic rings. The van der Waals surface area contributed by atoms with Crippen molar-refractivity contribution in [3.05, 3.63) is 88.2 Å². The number of carbonyl (C=O) groups excluding carboxylic acids is 1. The number of aromatic nitrogens is 2. The van der Waals surface area contributed by atoms with Crippen LogP contribution in [0.3, 0.4) is 0 Å². The second-order valence-electron chi connectivity index (χ2n) is 7.29.